The van der Waals surface area contributed by atoms with Crippen molar-refractivity contribution in [2.75, 3.05) is 18.9 Å². The molecule has 17 heteroatoms. The molecule has 0 radical (unpaired) electrons. The monoisotopic (exact) mass is 670 g/mol. The number of hydrogen-bond acceptors (Lipinski definition) is 13. The number of ether oxygens (including phenoxy) is 2. The third kappa shape index (κ3) is 6.79. The van der Waals surface area contributed by atoms with Crippen LogP contribution in [0.2, 0.25) is 0 Å². The highest BCUT2D eigenvalue weighted by molar-refractivity contribution is 7.44. The van der Waals surface area contributed by atoms with Gasteiger partial charge in [-0.05, 0) is 46.2 Å². The second-order valence-corrected chi connectivity index (χ2v) is 13.1. The Morgan fingerprint density at radius 3 is 2.43 bits per heavy atom. The van der Waals surface area contributed by atoms with E-state index in [1.165, 1.54) is 10.9 Å². The first-order valence-electron chi connectivity index (χ1n) is 15.4. The standard InChI is InChI=1S/C30H39N8O8P/c1-6-21(37-27(41)18-10-7-8-11-19(18)28(37)42)43-14-20-24(46-47(44-13-9-12-31)38(16(2)3)17(4)5)23(39)29(45-20)36-15-33-22-25(36)34-30(32)35-26(22)40/h7-8,10-11,15-17,20-21,23-24,29,39H,6,9,13-14H2,1-5H3,(H3,32,34,35,40)/t20-,21?,23-,24-,29-,47?/m1/s1. The number of hydrogen-bond donors (Lipinski definition) is 3. The lowest BCUT2D eigenvalue weighted by Gasteiger charge is -2.38. The van der Waals surface area contributed by atoms with Crippen LogP contribution in [0.25, 0.3) is 11.2 Å². The van der Waals surface area contributed by atoms with Gasteiger partial charge in [0.1, 0.15) is 24.5 Å². The molecule has 1 aromatic carbocycles. The molecular weight excluding hydrogens is 631 g/mol. The molecule has 252 valence electrons. The molecule has 2 aliphatic heterocycles. The number of rotatable bonds is 14. The second-order valence-electron chi connectivity index (χ2n) is 11.7. The fourth-order valence-corrected chi connectivity index (χ4v) is 7.57. The number of anilines is 1. The van der Waals surface area contributed by atoms with Crippen LogP contribution in [0, 0.1) is 11.3 Å². The van der Waals surface area contributed by atoms with E-state index in [1.54, 1.807) is 31.2 Å². The number of fused-ring (bicyclic) bond motifs is 2. The van der Waals surface area contributed by atoms with E-state index in [0.717, 1.165) is 4.90 Å². The summed E-state index contributed by atoms with van der Waals surface area (Å²) in [4.78, 5) is 50.7. The van der Waals surface area contributed by atoms with Crippen LogP contribution in [-0.2, 0) is 18.5 Å². The van der Waals surface area contributed by atoms with Crippen molar-refractivity contribution in [1.29, 1.82) is 5.26 Å². The van der Waals surface area contributed by atoms with E-state index in [2.05, 4.69) is 21.0 Å². The highest BCUT2D eigenvalue weighted by Gasteiger charge is 2.49. The van der Waals surface area contributed by atoms with Gasteiger partial charge in [-0.25, -0.2) is 14.6 Å². The largest absolute Gasteiger partial charge is 0.386 e. The number of H-pyrrole nitrogens is 1. The lowest BCUT2D eigenvalue weighted by atomic mass is 10.1. The molecular formula is C30H39N8O8P. The number of amides is 2. The van der Waals surface area contributed by atoms with E-state index in [-0.39, 0.29) is 55.3 Å². The van der Waals surface area contributed by atoms with Crippen LogP contribution in [0.4, 0.5) is 5.95 Å². The van der Waals surface area contributed by atoms with Gasteiger partial charge >= 0.3 is 0 Å². The number of nitrogens with one attached hydrogen (secondary N) is 1. The molecule has 0 bridgehead atoms. The van der Waals surface area contributed by atoms with Gasteiger partial charge in [-0.3, -0.25) is 23.9 Å². The number of imide groups is 1. The number of aliphatic hydroxyl groups is 1. The maximum Gasteiger partial charge on any atom is 0.280 e. The van der Waals surface area contributed by atoms with Gasteiger partial charge in [0.15, 0.2) is 17.4 Å². The lowest BCUT2D eigenvalue weighted by Crippen LogP contribution is -2.44. The van der Waals surface area contributed by atoms with Crippen LogP contribution in [0.5, 0.6) is 0 Å². The van der Waals surface area contributed by atoms with Crippen molar-refractivity contribution < 1.29 is 33.2 Å². The molecule has 2 amide bonds. The summed E-state index contributed by atoms with van der Waals surface area (Å²) in [6.07, 6.45) is -3.73. The molecule has 2 unspecified atom stereocenters. The van der Waals surface area contributed by atoms with Crippen molar-refractivity contribution in [3.8, 4) is 6.07 Å². The first-order valence-corrected chi connectivity index (χ1v) is 16.5. The summed E-state index contributed by atoms with van der Waals surface area (Å²) >= 11 is 0. The Bertz CT molecular complexity index is 1660. The number of benzene rings is 1. The molecule has 4 heterocycles. The van der Waals surface area contributed by atoms with Crippen LogP contribution in [0.3, 0.4) is 0 Å². The number of nitrogens with zero attached hydrogens (tertiary/aromatic N) is 6. The van der Waals surface area contributed by atoms with E-state index < -0.39 is 56.7 Å². The Labute approximate surface area is 272 Å². The second kappa shape index (κ2) is 14.5. The number of aliphatic hydroxyl groups excluding tert-OH is 1. The third-order valence-electron chi connectivity index (χ3n) is 7.82. The molecule has 47 heavy (non-hydrogen) atoms. The number of nitriles is 1. The first-order chi connectivity index (χ1) is 22.5. The van der Waals surface area contributed by atoms with Gasteiger partial charge in [-0.15, -0.1) is 0 Å². The predicted molar refractivity (Wildman–Crippen MR) is 170 cm³/mol. The number of imidazole rings is 1. The fourth-order valence-electron chi connectivity index (χ4n) is 5.79. The van der Waals surface area contributed by atoms with Crippen molar-refractivity contribution in [2.24, 2.45) is 0 Å². The third-order valence-corrected chi connectivity index (χ3v) is 9.95. The normalized spacial score (nSPS) is 22.5. The molecule has 3 aromatic rings. The van der Waals surface area contributed by atoms with Gasteiger partial charge in [0.25, 0.3) is 25.9 Å². The van der Waals surface area contributed by atoms with Gasteiger partial charge < -0.3 is 29.4 Å². The SMILES string of the molecule is CCC(OC[C@H]1O[C@@H](n2cnc3c(=O)[nH]c(N)nc32)[C@H](O)[C@@H]1OP(OCCC#N)N(C(C)C)C(C)C)N1C(=O)c2ccccc2C1=O. The molecule has 0 aliphatic carbocycles. The topological polar surface area (TPSA) is 211 Å². The number of nitrogens with two attached hydrogens (primary N) is 1. The minimum Gasteiger partial charge on any atom is -0.386 e. The van der Waals surface area contributed by atoms with E-state index in [0.29, 0.717) is 11.1 Å². The van der Waals surface area contributed by atoms with Crippen molar-refractivity contribution in [3.63, 3.8) is 0 Å². The molecule has 4 N–H and O–H groups in total. The van der Waals surface area contributed by atoms with Gasteiger partial charge in [0, 0.05) is 12.1 Å². The maximum atomic E-state index is 13.2. The zero-order valence-electron chi connectivity index (χ0n) is 26.8. The van der Waals surface area contributed by atoms with Gasteiger partial charge in [-0.2, -0.15) is 10.2 Å². The van der Waals surface area contributed by atoms with Crippen molar-refractivity contribution in [1.82, 2.24) is 29.1 Å². The number of carbonyl (C=O) groups excluding carboxylic acids is 2. The fraction of sp³-hybridized carbons (Fsp3) is 0.533. The average molecular weight is 671 g/mol. The molecule has 16 nitrogen and oxygen atoms in total. The van der Waals surface area contributed by atoms with Crippen LogP contribution in [0.15, 0.2) is 35.4 Å². The van der Waals surface area contributed by atoms with Crippen molar-refractivity contribution in [3.05, 3.63) is 52.1 Å². The molecule has 1 saturated heterocycles. The summed E-state index contributed by atoms with van der Waals surface area (Å²) in [5, 5.41) is 20.9. The Morgan fingerprint density at radius 2 is 1.83 bits per heavy atom. The van der Waals surface area contributed by atoms with E-state index >= 15 is 0 Å². The maximum absolute atomic E-state index is 13.2. The Hall–Kier alpha value is -3.81. The Morgan fingerprint density at radius 1 is 1.17 bits per heavy atom. The lowest BCUT2D eigenvalue weighted by molar-refractivity contribution is -0.102. The number of aromatic nitrogens is 4. The van der Waals surface area contributed by atoms with E-state index in [1.807, 2.05) is 32.4 Å². The van der Waals surface area contributed by atoms with Gasteiger partial charge in [0.2, 0.25) is 5.95 Å². The van der Waals surface area contributed by atoms with Crippen LogP contribution < -0.4 is 11.3 Å². The summed E-state index contributed by atoms with van der Waals surface area (Å²) in [5.41, 5.74) is 5.93. The summed E-state index contributed by atoms with van der Waals surface area (Å²) < 4.78 is 28.6. The van der Waals surface area contributed by atoms with Gasteiger partial charge in [0.05, 0.1) is 43.2 Å². The highest BCUT2D eigenvalue weighted by Crippen LogP contribution is 2.50. The molecule has 2 aliphatic rings. The Balaban J connectivity index is 1.46. The van der Waals surface area contributed by atoms with Crippen LogP contribution in [-0.4, -0.2) is 95.8 Å². The smallest absolute Gasteiger partial charge is 0.280 e. The van der Waals surface area contributed by atoms with Gasteiger partial charge in [-0.1, -0.05) is 19.1 Å². The summed E-state index contributed by atoms with van der Waals surface area (Å²) in [5.74, 6) is -1.07. The molecule has 0 saturated carbocycles. The zero-order chi connectivity index (χ0) is 34.0. The number of nitrogen functional groups attached to an aromatic ring is 1. The molecule has 5 rings (SSSR count). The molecule has 0 spiro atoms. The molecule has 6 atom stereocenters. The minimum absolute atomic E-state index is 0.00304. The first kappa shape index (κ1) is 34.5. The average Bonchev–Trinajstić information content (AvgIpc) is 3.66. The summed E-state index contributed by atoms with van der Waals surface area (Å²) in [6, 6.07) is 8.59. The quantitative estimate of drug-likeness (QED) is 0.128. The summed E-state index contributed by atoms with van der Waals surface area (Å²) in [6.45, 7) is 9.62. The molecule has 2 aromatic heterocycles. The van der Waals surface area contributed by atoms with Crippen LogP contribution >= 0.6 is 8.53 Å². The van der Waals surface area contributed by atoms with Crippen molar-refractivity contribution >= 4 is 37.5 Å². The zero-order valence-corrected chi connectivity index (χ0v) is 27.7. The Kier molecular flexibility index (Phi) is 10.7. The number of carbonyl (C=O) groups is 2. The number of aromatic amines is 1. The highest BCUT2D eigenvalue weighted by atomic mass is 31.2. The molecule has 1 fully saturated rings. The van der Waals surface area contributed by atoms with Crippen LogP contribution in [0.1, 0.15) is 74.4 Å². The van der Waals surface area contributed by atoms with Crippen molar-refractivity contribution in [2.45, 2.75) is 90.3 Å². The minimum atomic E-state index is -1.83. The summed E-state index contributed by atoms with van der Waals surface area (Å²) in [7, 11) is -1.83. The van der Waals surface area contributed by atoms with E-state index in [9.17, 15) is 19.5 Å². The predicted octanol–water partition coefficient (Wildman–Crippen LogP) is 2.67. The van der Waals surface area contributed by atoms with E-state index in [4.69, 9.17) is 29.5 Å².